The lowest BCUT2D eigenvalue weighted by Gasteiger charge is -2.43. The van der Waals surface area contributed by atoms with Crippen molar-refractivity contribution in [3.8, 4) is 0 Å². The normalized spacial score (nSPS) is 21.7. The van der Waals surface area contributed by atoms with E-state index in [2.05, 4.69) is 36.1 Å². The number of rotatable bonds is 9. The first-order valence-electron chi connectivity index (χ1n) is 11.7. The van der Waals surface area contributed by atoms with Gasteiger partial charge in [0.25, 0.3) is 0 Å². The van der Waals surface area contributed by atoms with Gasteiger partial charge in [-0.2, -0.15) is 13.2 Å². The summed E-state index contributed by atoms with van der Waals surface area (Å²) in [6.45, 7) is 8.82. The number of likely N-dealkylation sites (tertiary alicyclic amines) is 1. The molecule has 1 saturated heterocycles. The van der Waals surface area contributed by atoms with Crippen LogP contribution in [0.2, 0.25) is 0 Å². The number of carboxylic acid groups (broad SMARTS) is 1. The van der Waals surface area contributed by atoms with E-state index in [1.807, 2.05) is 32.9 Å². The van der Waals surface area contributed by atoms with Crippen LogP contribution in [-0.2, 0) is 11.2 Å². The van der Waals surface area contributed by atoms with Crippen LogP contribution in [0.5, 0.6) is 0 Å². The molecular formula is C26H38F3NO2. The van der Waals surface area contributed by atoms with Crippen molar-refractivity contribution in [1.82, 2.24) is 4.90 Å². The van der Waals surface area contributed by atoms with Crippen LogP contribution in [0.15, 0.2) is 36.4 Å². The molecule has 1 heterocycles. The molecule has 32 heavy (non-hydrogen) atoms. The third kappa shape index (κ3) is 8.97. The third-order valence-electron chi connectivity index (χ3n) is 6.09. The number of allylic oxidation sites excluding steroid dienone is 1. The average molecular weight is 454 g/mol. The topological polar surface area (TPSA) is 40.5 Å². The van der Waals surface area contributed by atoms with E-state index in [9.17, 15) is 23.1 Å². The van der Waals surface area contributed by atoms with E-state index in [0.29, 0.717) is 19.4 Å². The Morgan fingerprint density at radius 2 is 1.88 bits per heavy atom. The molecule has 0 aromatic heterocycles. The Bertz CT molecular complexity index is 750. The highest BCUT2D eigenvalue weighted by molar-refractivity contribution is 5.67. The van der Waals surface area contributed by atoms with E-state index in [4.69, 9.17) is 0 Å². The summed E-state index contributed by atoms with van der Waals surface area (Å²) >= 11 is 0. The van der Waals surface area contributed by atoms with E-state index < -0.39 is 18.6 Å². The molecule has 180 valence electrons. The van der Waals surface area contributed by atoms with Gasteiger partial charge in [0.2, 0.25) is 0 Å². The molecule has 0 spiro atoms. The van der Waals surface area contributed by atoms with Gasteiger partial charge in [-0.25, -0.2) is 0 Å². The highest BCUT2D eigenvalue weighted by atomic mass is 19.4. The predicted molar refractivity (Wildman–Crippen MR) is 123 cm³/mol. The van der Waals surface area contributed by atoms with Crippen molar-refractivity contribution in [2.75, 3.05) is 6.54 Å². The summed E-state index contributed by atoms with van der Waals surface area (Å²) in [7, 11) is 0. The largest absolute Gasteiger partial charge is 0.481 e. The number of aliphatic carboxylic acids is 1. The summed E-state index contributed by atoms with van der Waals surface area (Å²) in [5.74, 6) is -0.791. The fourth-order valence-electron chi connectivity index (χ4n) is 4.49. The van der Waals surface area contributed by atoms with Gasteiger partial charge in [-0.1, -0.05) is 70.5 Å². The molecule has 0 unspecified atom stereocenters. The van der Waals surface area contributed by atoms with E-state index in [0.717, 1.165) is 18.4 Å². The molecule has 1 aromatic rings. The number of carboxylic acids is 1. The molecule has 0 radical (unpaired) electrons. The first-order valence-corrected chi connectivity index (χ1v) is 11.7. The number of halogens is 3. The molecule has 1 N–H and O–H groups in total. The minimum absolute atomic E-state index is 0.00406. The molecule has 2 rings (SSSR count). The lowest BCUT2D eigenvalue weighted by atomic mass is 9.83. The summed E-state index contributed by atoms with van der Waals surface area (Å²) in [5, 5.41) is 9.29. The van der Waals surface area contributed by atoms with Crippen LogP contribution < -0.4 is 0 Å². The molecule has 0 bridgehead atoms. The van der Waals surface area contributed by atoms with Crippen molar-refractivity contribution in [3.05, 3.63) is 47.5 Å². The summed E-state index contributed by atoms with van der Waals surface area (Å²) in [5.41, 5.74) is 2.16. The standard InChI is InChI=1S/C26H38F3NO2/c1-5-6-19-7-9-21(10-8-19)23-17-20(18-24(31)32)13-16-30(23)22(11-14-25(2,3)4)12-15-26(27,28)29/h7-11,14,20,22-23H,5-6,12-13,15-18H2,1-4H3,(H,31,32)/t20-,22-,23+/m1/s1. The Morgan fingerprint density at radius 3 is 2.41 bits per heavy atom. The fraction of sp³-hybridized carbons (Fsp3) is 0.654. The molecule has 0 saturated carbocycles. The third-order valence-corrected chi connectivity index (χ3v) is 6.09. The van der Waals surface area contributed by atoms with Crippen LogP contribution in [0, 0.1) is 11.3 Å². The Labute approximate surface area is 190 Å². The van der Waals surface area contributed by atoms with E-state index >= 15 is 0 Å². The molecule has 1 aliphatic heterocycles. The van der Waals surface area contributed by atoms with Crippen molar-refractivity contribution in [2.24, 2.45) is 11.3 Å². The minimum Gasteiger partial charge on any atom is -0.481 e. The summed E-state index contributed by atoms with van der Waals surface area (Å²) in [6.07, 6.45) is 2.36. The smallest absolute Gasteiger partial charge is 0.389 e. The zero-order valence-electron chi connectivity index (χ0n) is 19.8. The van der Waals surface area contributed by atoms with Gasteiger partial charge >= 0.3 is 12.1 Å². The summed E-state index contributed by atoms with van der Waals surface area (Å²) in [4.78, 5) is 13.5. The van der Waals surface area contributed by atoms with Crippen LogP contribution in [0.25, 0.3) is 0 Å². The van der Waals surface area contributed by atoms with Crippen LogP contribution in [0.3, 0.4) is 0 Å². The van der Waals surface area contributed by atoms with Crippen molar-refractivity contribution in [1.29, 1.82) is 0 Å². The summed E-state index contributed by atoms with van der Waals surface area (Å²) in [6, 6.07) is 7.88. The van der Waals surface area contributed by atoms with Crippen LogP contribution in [-0.4, -0.2) is 34.7 Å². The molecule has 1 aliphatic rings. The number of nitrogens with zero attached hydrogens (tertiary/aromatic N) is 1. The highest BCUT2D eigenvalue weighted by Gasteiger charge is 2.36. The second-order valence-electron chi connectivity index (χ2n) is 10.2. The fourth-order valence-corrected chi connectivity index (χ4v) is 4.49. The SMILES string of the molecule is CCCc1ccc([C@@H]2C[C@H](CC(=O)O)CCN2[C@H](C=CC(C)(C)C)CCC(F)(F)F)cc1. The number of aryl methyl sites for hydroxylation is 1. The Kier molecular flexibility index (Phi) is 9.38. The van der Waals surface area contributed by atoms with Gasteiger partial charge in [0.15, 0.2) is 0 Å². The Morgan fingerprint density at radius 1 is 1.22 bits per heavy atom. The Balaban J connectivity index is 2.35. The predicted octanol–water partition coefficient (Wildman–Crippen LogP) is 7.18. The molecule has 1 aromatic carbocycles. The van der Waals surface area contributed by atoms with Crippen molar-refractivity contribution in [2.45, 2.75) is 90.9 Å². The Hall–Kier alpha value is -1.82. The molecule has 6 heteroatoms. The number of benzene rings is 1. The average Bonchev–Trinajstić information content (AvgIpc) is 2.67. The number of piperidine rings is 1. The molecule has 0 amide bonds. The number of alkyl halides is 3. The van der Waals surface area contributed by atoms with Gasteiger partial charge in [-0.3, -0.25) is 9.69 Å². The van der Waals surface area contributed by atoms with Crippen LogP contribution in [0.1, 0.15) is 83.4 Å². The lowest BCUT2D eigenvalue weighted by molar-refractivity contribution is -0.140. The quantitative estimate of drug-likeness (QED) is 0.403. The van der Waals surface area contributed by atoms with Gasteiger partial charge in [-0.05, 0) is 54.7 Å². The zero-order valence-corrected chi connectivity index (χ0v) is 19.8. The van der Waals surface area contributed by atoms with Crippen molar-refractivity contribution in [3.63, 3.8) is 0 Å². The first-order chi connectivity index (χ1) is 14.9. The van der Waals surface area contributed by atoms with Gasteiger partial charge in [0.1, 0.15) is 0 Å². The number of hydrogen-bond acceptors (Lipinski definition) is 2. The second-order valence-corrected chi connectivity index (χ2v) is 10.2. The van der Waals surface area contributed by atoms with Gasteiger partial charge in [0.05, 0.1) is 0 Å². The molecule has 3 nitrogen and oxygen atoms in total. The first kappa shape index (κ1) is 26.4. The second kappa shape index (κ2) is 11.4. The number of hydrogen-bond donors (Lipinski definition) is 1. The highest BCUT2D eigenvalue weighted by Crippen LogP contribution is 2.39. The number of carbonyl (C=O) groups is 1. The molecule has 1 fully saturated rings. The van der Waals surface area contributed by atoms with Gasteiger partial charge in [0, 0.05) is 24.9 Å². The zero-order chi connectivity index (χ0) is 23.9. The van der Waals surface area contributed by atoms with Crippen LogP contribution >= 0.6 is 0 Å². The van der Waals surface area contributed by atoms with E-state index in [1.165, 1.54) is 5.56 Å². The summed E-state index contributed by atoms with van der Waals surface area (Å²) < 4.78 is 39.3. The monoisotopic (exact) mass is 453 g/mol. The van der Waals surface area contributed by atoms with Crippen molar-refractivity contribution >= 4 is 5.97 Å². The van der Waals surface area contributed by atoms with Gasteiger partial charge < -0.3 is 5.11 Å². The maximum atomic E-state index is 13.1. The molecule has 0 aliphatic carbocycles. The van der Waals surface area contributed by atoms with E-state index in [1.54, 1.807) is 0 Å². The lowest BCUT2D eigenvalue weighted by Crippen LogP contribution is -2.43. The van der Waals surface area contributed by atoms with Crippen LogP contribution in [0.4, 0.5) is 13.2 Å². The minimum atomic E-state index is -4.20. The maximum Gasteiger partial charge on any atom is 0.389 e. The van der Waals surface area contributed by atoms with Crippen molar-refractivity contribution < 1.29 is 23.1 Å². The van der Waals surface area contributed by atoms with Gasteiger partial charge in [-0.15, -0.1) is 0 Å². The van der Waals surface area contributed by atoms with E-state index in [-0.39, 0.29) is 36.3 Å². The molecule has 3 atom stereocenters. The molecular weight excluding hydrogens is 415 g/mol. The maximum absolute atomic E-state index is 13.1.